The molecule has 1 saturated carbocycles. The highest BCUT2D eigenvalue weighted by Gasteiger charge is 2.30. The van der Waals surface area contributed by atoms with Crippen LogP contribution in [0.3, 0.4) is 0 Å². The van der Waals surface area contributed by atoms with Gasteiger partial charge in [-0.2, -0.15) is 0 Å². The lowest BCUT2D eigenvalue weighted by Gasteiger charge is -2.21. The molecule has 8 heteroatoms. The number of nitrogens with zero attached hydrogens (tertiary/aromatic N) is 4. The van der Waals surface area contributed by atoms with E-state index in [0.717, 1.165) is 41.3 Å². The zero-order valence-electron chi connectivity index (χ0n) is 14.6. The number of aromatic amines is 1. The molecule has 0 aliphatic heterocycles. The zero-order valence-corrected chi connectivity index (χ0v) is 14.6. The van der Waals surface area contributed by atoms with E-state index >= 15 is 0 Å². The van der Waals surface area contributed by atoms with E-state index < -0.39 is 5.60 Å². The van der Waals surface area contributed by atoms with Crippen LogP contribution in [0.4, 0.5) is 4.79 Å². The predicted octanol–water partition coefficient (Wildman–Crippen LogP) is 2.93. The van der Waals surface area contributed by atoms with Crippen LogP contribution in [-0.4, -0.2) is 42.7 Å². The van der Waals surface area contributed by atoms with Gasteiger partial charge in [-0.15, -0.1) is 5.10 Å². The first-order chi connectivity index (χ1) is 11.9. The summed E-state index contributed by atoms with van der Waals surface area (Å²) in [6.45, 7) is 5.59. The van der Waals surface area contributed by atoms with Crippen molar-refractivity contribution in [3.63, 3.8) is 0 Å². The fourth-order valence-corrected chi connectivity index (χ4v) is 3.48. The van der Waals surface area contributed by atoms with Crippen LogP contribution in [0.2, 0.25) is 0 Å². The lowest BCUT2D eigenvalue weighted by molar-refractivity contribution is 0.0504. The molecule has 25 heavy (non-hydrogen) atoms. The molecule has 2 unspecified atom stereocenters. The lowest BCUT2D eigenvalue weighted by atomic mass is 10.2. The maximum absolute atomic E-state index is 12.0. The second-order valence-electron chi connectivity index (χ2n) is 7.58. The summed E-state index contributed by atoms with van der Waals surface area (Å²) in [6.07, 6.45) is 5.89. The smallest absolute Gasteiger partial charge is 0.407 e. The monoisotopic (exact) mass is 342 g/mol. The van der Waals surface area contributed by atoms with Crippen molar-refractivity contribution in [2.24, 2.45) is 0 Å². The van der Waals surface area contributed by atoms with E-state index in [-0.39, 0.29) is 18.2 Å². The summed E-state index contributed by atoms with van der Waals surface area (Å²) < 4.78 is 7.32. The van der Waals surface area contributed by atoms with Crippen LogP contribution in [0.5, 0.6) is 0 Å². The summed E-state index contributed by atoms with van der Waals surface area (Å²) in [5, 5.41) is 12.6. The van der Waals surface area contributed by atoms with Gasteiger partial charge in [0.1, 0.15) is 22.3 Å². The van der Waals surface area contributed by atoms with Crippen molar-refractivity contribution < 1.29 is 9.53 Å². The van der Waals surface area contributed by atoms with Gasteiger partial charge in [-0.1, -0.05) is 5.21 Å². The number of hydrogen-bond donors (Lipinski definition) is 2. The van der Waals surface area contributed by atoms with Crippen LogP contribution in [-0.2, 0) is 4.74 Å². The number of aromatic nitrogens is 5. The number of hydrogen-bond acceptors (Lipinski definition) is 5. The first-order valence-corrected chi connectivity index (χ1v) is 8.57. The molecule has 1 aliphatic rings. The maximum Gasteiger partial charge on any atom is 0.407 e. The number of alkyl carbamates (subject to hydrolysis) is 1. The molecule has 3 heterocycles. The molecule has 0 saturated heterocycles. The van der Waals surface area contributed by atoms with E-state index in [1.807, 2.05) is 37.7 Å². The molecule has 0 spiro atoms. The van der Waals surface area contributed by atoms with Gasteiger partial charge in [-0.05, 0) is 46.1 Å². The normalized spacial score (nSPS) is 21.1. The summed E-state index contributed by atoms with van der Waals surface area (Å²) in [6, 6.07) is 2.28. The standard InChI is InChI=1S/C17H22N6O2/c1-17(2,3)25-16(24)20-10-4-5-11(8-10)23-14-12-6-7-18-15(12)19-9-13(14)21-22-23/h6-7,9-11H,4-5,8H2,1-3H3,(H,18,19)(H,20,24). The Labute approximate surface area is 144 Å². The third-order valence-corrected chi connectivity index (χ3v) is 4.49. The Morgan fingerprint density at radius 1 is 1.40 bits per heavy atom. The largest absolute Gasteiger partial charge is 0.444 e. The Balaban J connectivity index is 1.53. The number of carbonyl (C=O) groups excluding carboxylic acids is 1. The van der Waals surface area contributed by atoms with Crippen molar-refractivity contribution in [1.82, 2.24) is 30.3 Å². The van der Waals surface area contributed by atoms with Gasteiger partial charge in [-0.25, -0.2) is 14.5 Å². The fourth-order valence-electron chi connectivity index (χ4n) is 3.48. The molecule has 2 atom stereocenters. The van der Waals surface area contributed by atoms with E-state index in [9.17, 15) is 4.79 Å². The Morgan fingerprint density at radius 3 is 3.04 bits per heavy atom. The van der Waals surface area contributed by atoms with Crippen LogP contribution in [0, 0.1) is 0 Å². The van der Waals surface area contributed by atoms with Crippen LogP contribution in [0.25, 0.3) is 22.1 Å². The highest BCUT2D eigenvalue weighted by Crippen LogP contribution is 2.33. The molecule has 1 fully saturated rings. The van der Waals surface area contributed by atoms with E-state index in [0.29, 0.717) is 0 Å². The molecule has 0 bridgehead atoms. The van der Waals surface area contributed by atoms with Crippen LogP contribution in [0.1, 0.15) is 46.1 Å². The van der Waals surface area contributed by atoms with Gasteiger partial charge < -0.3 is 15.0 Å². The predicted molar refractivity (Wildman–Crippen MR) is 93.2 cm³/mol. The molecule has 1 aliphatic carbocycles. The van der Waals surface area contributed by atoms with Crippen LogP contribution >= 0.6 is 0 Å². The van der Waals surface area contributed by atoms with Crippen molar-refractivity contribution in [2.75, 3.05) is 0 Å². The highest BCUT2D eigenvalue weighted by molar-refractivity contribution is 6.00. The third-order valence-electron chi connectivity index (χ3n) is 4.49. The van der Waals surface area contributed by atoms with Gasteiger partial charge in [0.05, 0.1) is 12.2 Å². The molecule has 4 rings (SSSR count). The van der Waals surface area contributed by atoms with E-state index in [2.05, 4.69) is 25.6 Å². The van der Waals surface area contributed by atoms with Crippen molar-refractivity contribution in [3.8, 4) is 0 Å². The summed E-state index contributed by atoms with van der Waals surface area (Å²) >= 11 is 0. The minimum Gasteiger partial charge on any atom is -0.444 e. The molecule has 1 amide bonds. The summed E-state index contributed by atoms with van der Waals surface area (Å²) in [5.41, 5.74) is 2.12. The van der Waals surface area contributed by atoms with Gasteiger partial charge in [-0.3, -0.25) is 0 Å². The average Bonchev–Trinajstić information content (AvgIpc) is 3.22. The molecule has 8 nitrogen and oxygen atoms in total. The summed E-state index contributed by atoms with van der Waals surface area (Å²) in [5.74, 6) is 0. The quantitative estimate of drug-likeness (QED) is 0.746. The molecular formula is C17H22N6O2. The SMILES string of the molecule is CC(C)(C)OC(=O)NC1CCC(n2nnc3cnc4[nH]ccc4c32)C1. The molecule has 0 aromatic carbocycles. The summed E-state index contributed by atoms with van der Waals surface area (Å²) in [4.78, 5) is 19.5. The van der Waals surface area contributed by atoms with Crippen molar-refractivity contribution in [2.45, 2.75) is 57.7 Å². The number of ether oxygens (including phenoxy) is 1. The Hall–Kier alpha value is -2.64. The van der Waals surface area contributed by atoms with Crippen molar-refractivity contribution in [3.05, 3.63) is 18.5 Å². The van der Waals surface area contributed by atoms with Gasteiger partial charge in [0.2, 0.25) is 0 Å². The van der Waals surface area contributed by atoms with Crippen molar-refractivity contribution >= 4 is 28.2 Å². The molecule has 3 aromatic rings. The molecule has 3 aromatic heterocycles. The second kappa shape index (κ2) is 5.72. The first-order valence-electron chi connectivity index (χ1n) is 8.57. The van der Waals surface area contributed by atoms with Crippen LogP contribution in [0.15, 0.2) is 18.5 Å². The topological polar surface area (TPSA) is 97.7 Å². The first kappa shape index (κ1) is 15.9. The lowest BCUT2D eigenvalue weighted by Crippen LogP contribution is -2.38. The highest BCUT2D eigenvalue weighted by atomic mass is 16.6. The molecular weight excluding hydrogens is 320 g/mol. The maximum atomic E-state index is 12.0. The summed E-state index contributed by atoms with van der Waals surface area (Å²) in [7, 11) is 0. The van der Waals surface area contributed by atoms with Gasteiger partial charge in [0.15, 0.2) is 0 Å². The zero-order chi connectivity index (χ0) is 17.6. The molecule has 0 radical (unpaired) electrons. The van der Waals surface area contributed by atoms with E-state index in [1.165, 1.54) is 0 Å². The minimum absolute atomic E-state index is 0.0858. The Bertz CT molecular complexity index is 922. The van der Waals surface area contributed by atoms with E-state index in [4.69, 9.17) is 4.74 Å². The van der Waals surface area contributed by atoms with E-state index in [1.54, 1.807) is 6.20 Å². The van der Waals surface area contributed by atoms with Crippen molar-refractivity contribution in [1.29, 1.82) is 0 Å². The average molecular weight is 342 g/mol. The number of fused-ring (bicyclic) bond motifs is 3. The third kappa shape index (κ3) is 3.04. The Morgan fingerprint density at radius 2 is 2.24 bits per heavy atom. The molecule has 132 valence electrons. The second-order valence-corrected chi connectivity index (χ2v) is 7.58. The number of nitrogens with one attached hydrogen (secondary N) is 2. The number of H-pyrrole nitrogens is 1. The van der Waals surface area contributed by atoms with Gasteiger partial charge in [0, 0.05) is 17.6 Å². The minimum atomic E-state index is -0.489. The molecule has 2 N–H and O–H groups in total. The number of carbonyl (C=O) groups is 1. The number of amides is 1. The van der Waals surface area contributed by atoms with Gasteiger partial charge >= 0.3 is 6.09 Å². The van der Waals surface area contributed by atoms with Crippen LogP contribution < -0.4 is 5.32 Å². The van der Waals surface area contributed by atoms with Gasteiger partial charge in [0.25, 0.3) is 0 Å². The number of rotatable bonds is 2. The number of pyridine rings is 1. The fraction of sp³-hybridized carbons (Fsp3) is 0.529. The Kier molecular flexibility index (Phi) is 3.63.